The standard InChI is InChI=1S/C16H17ClFNO/c1-2-15(19)12-5-3-4-6-16(12)20-10-11-7-8-14(18)13(17)9-11/h3-9,15H,2,10,19H2,1H3/t15-/m0/s1. The first-order valence-electron chi connectivity index (χ1n) is 6.53. The summed E-state index contributed by atoms with van der Waals surface area (Å²) >= 11 is 5.75. The van der Waals surface area contributed by atoms with Crippen LogP contribution in [0.4, 0.5) is 4.39 Å². The number of benzene rings is 2. The number of rotatable bonds is 5. The van der Waals surface area contributed by atoms with Gasteiger partial charge in [0, 0.05) is 11.6 Å². The second-order valence-electron chi connectivity index (χ2n) is 4.59. The second-order valence-corrected chi connectivity index (χ2v) is 5.00. The van der Waals surface area contributed by atoms with Crippen molar-refractivity contribution in [3.8, 4) is 5.75 Å². The number of ether oxygens (including phenoxy) is 1. The monoisotopic (exact) mass is 293 g/mol. The molecule has 2 rings (SSSR count). The van der Waals surface area contributed by atoms with Crippen molar-refractivity contribution in [3.05, 3.63) is 64.4 Å². The molecule has 0 fully saturated rings. The van der Waals surface area contributed by atoms with Crippen molar-refractivity contribution in [2.24, 2.45) is 5.73 Å². The maximum atomic E-state index is 13.1. The van der Waals surface area contributed by atoms with Gasteiger partial charge in [-0.1, -0.05) is 42.8 Å². The van der Waals surface area contributed by atoms with Gasteiger partial charge in [0.15, 0.2) is 0 Å². The van der Waals surface area contributed by atoms with Gasteiger partial charge in [0.05, 0.1) is 5.02 Å². The Morgan fingerprint density at radius 3 is 2.70 bits per heavy atom. The number of hydrogen-bond acceptors (Lipinski definition) is 2. The molecule has 2 nitrogen and oxygen atoms in total. The maximum Gasteiger partial charge on any atom is 0.141 e. The highest BCUT2D eigenvalue weighted by molar-refractivity contribution is 6.30. The van der Waals surface area contributed by atoms with Crippen LogP contribution in [-0.4, -0.2) is 0 Å². The summed E-state index contributed by atoms with van der Waals surface area (Å²) in [5, 5.41) is 0.102. The van der Waals surface area contributed by atoms with E-state index >= 15 is 0 Å². The van der Waals surface area contributed by atoms with Crippen LogP contribution < -0.4 is 10.5 Å². The average Bonchev–Trinajstić information content (AvgIpc) is 2.48. The van der Waals surface area contributed by atoms with E-state index in [9.17, 15) is 4.39 Å². The Labute approximate surface area is 123 Å². The summed E-state index contributed by atoms with van der Waals surface area (Å²) in [6.45, 7) is 2.36. The van der Waals surface area contributed by atoms with Crippen molar-refractivity contribution in [1.29, 1.82) is 0 Å². The molecule has 0 spiro atoms. The molecule has 1 atom stereocenters. The average molecular weight is 294 g/mol. The van der Waals surface area contributed by atoms with Gasteiger partial charge < -0.3 is 10.5 Å². The van der Waals surface area contributed by atoms with Crippen LogP contribution in [0.1, 0.15) is 30.5 Å². The molecule has 2 N–H and O–H groups in total. The van der Waals surface area contributed by atoms with Gasteiger partial charge in [-0.25, -0.2) is 4.39 Å². The molecule has 0 unspecified atom stereocenters. The molecule has 0 radical (unpaired) electrons. The summed E-state index contributed by atoms with van der Waals surface area (Å²) < 4.78 is 18.9. The lowest BCUT2D eigenvalue weighted by molar-refractivity contribution is 0.300. The first-order chi connectivity index (χ1) is 9.61. The molecule has 2 aromatic rings. The molecular formula is C16H17ClFNO. The first kappa shape index (κ1) is 14.8. The Kier molecular flexibility index (Phi) is 4.99. The van der Waals surface area contributed by atoms with Gasteiger partial charge >= 0.3 is 0 Å². The Balaban J connectivity index is 2.12. The summed E-state index contributed by atoms with van der Waals surface area (Å²) in [6.07, 6.45) is 0.836. The van der Waals surface area contributed by atoms with Crippen LogP contribution in [0.2, 0.25) is 5.02 Å². The van der Waals surface area contributed by atoms with Crippen LogP contribution in [0.15, 0.2) is 42.5 Å². The van der Waals surface area contributed by atoms with Gasteiger partial charge in [-0.2, -0.15) is 0 Å². The summed E-state index contributed by atoms with van der Waals surface area (Å²) in [7, 11) is 0. The lowest BCUT2D eigenvalue weighted by Crippen LogP contribution is -2.10. The van der Waals surface area contributed by atoms with Crippen LogP contribution >= 0.6 is 11.6 Å². The minimum atomic E-state index is -0.427. The van der Waals surface area contributed by atoms with Gasteiger partial charge in [-0.3, -0.25) is 0 Å². The molecule has 20 heavy (non-hydrogen) atoms. The van der Waals surface area contributed by atoms with Gasteiger partial charge in [0.25, 0.3) is 0 Å². The molecule has 0 saturated carbocycles. The number of para-hydroxylation sites is 1. The van der Waals surface area contributed by atoms with Crippen molar-refractivity contribution in [2.75, 3.05) is 0 Å². The minimum absolute atomic E-state index is 0.0528. The predicted molar refractivity (Wildman–Crippen MR) is 79.4 cm³/mol. The van der Waals surface area contributed by atoms with Crippen LogP contribution in [0, 0.1) is 5.82 Å². The van der Waals surface area contributed by atoms with Gasteiger partial charge in [0.1, 0.15) is 18.2 Å². The highest BCUT2D eigenvalue weighted by Crippen LogP contribution is 2.26. The first-order valence-corrected chi connectivity index (χ1v) is 6.91. The third-order valence-electron chi connectivity index (χ3n) is 3.14. The fraction of sp³-hybridized carbons (Fsp3) is 0.250. The van der Waals surface area contributed by atoms with E-state index in [1.165, 1.54) is 6.07 Å². The van der Waals surface area contributed by atoms with E-state index in [4.69, 9.17) is 22.1 Å². The van der Waals surface area contributed by atoms with Gasteiger partial charge in [0.2, 0.25) is 0 Å². The normalized spacial score (nSPS) is 12.2. The molecular weight excluding hydrogens is 277 g/mol. The van der Waals surface area contributed by atoms with E-state index in [-0.39, 0.29) is 11.1 Å². The van der Waals surface area contributed by atoms with E-state index in [0.717, 1.165) is 23.3 Å². The molecule has 0 aliphatic rings. The maximum absolute atomic E-state index is 13.1. The third-order valence-corrected chi connectivity index (χ3v) is 3.43. The molecule has 0 heterocycles. The smallest absolute Gasteiger partial charge is 0.141 e. The Hall–Kier alpha value is -1.58. The Morgan fingerprint density at radius 2 is 2.00 bits per heavy atom. The van der Waals surface area contributed by atoms with E-state index < -0.39 is 5.82 Å². The lowest BCUT2D eigenvalue weighted by Gasteiger charge is -2.15. The molecule has 4 heteroatoms. The van der Waals surface area contributed by atoms with Crippen molar-refractivity contribution in [2.45, 2.75) is 26.0 Å². The SMILES string of the molecule is CC[C@H](N)c1ccccc1OCc1ccc(F)c(Cl)c1. The zero-order valence-corrected chi connectivity index (χ0v) is 12.0. The summed E-state index contributed by atoms with van der Waals surface area (Å²) in [5.41, 5.74) is 7.85. The molecule has 2 aromatic carbocycles. The molecule has 0 bridgehead atoms. The molecule has 0 amide bonds. The number of halogens is 2. The Morgan fingerprint density at radius 1 is 1.25 bits per heavy atom. The second kappa shape index (κ2) is 6.73. The molecule has 106 valence electrons. The topological polar surface area (TPSA) is 35.2 Å². The predicted octanol–water partition coefficient (Wildman–Crippen LogP) is 4.47. The minimum Gasteiger partial charge on any atom is -0.489 e. The summed E-state index contributed by atoms with van der Waals surface area (Å²) in [6, 6.07) is 12.2. The van der Waals surface area contributed by atoms with Crippen LogP contribution in [0.3, 0.4) is 0 Å². The van der Waals surface area contributed by atoms with Gasteiger partial charge in [-0.15, -0.1) is 0 Å². The van der Waals surface area contributed by atoms with Crippen molar-refractivity contribution >= 4 is 11.6 Å². The van der Waals surface area contributed by atoms with E-state index in [2.05, 4.69) is 0 Å². The van der Waals surface area contributed by atoms with E-state index in [1.807, 2.05) is 31.2 Å². The number of hydrogen-bond donors (Lipinski definition) is 1. The largest absolute Gasteiger partial charge is 0.489 e. The zero-order chi connectivity index (χ0) is 14.5. The zero-order valence-electron chi connectivity index (χ0n) is 11.3. The third kappa shape index (κ3) is 3.50. The fourth-order valence-electron chi connectivity index (χ4n) is 1.93. The molecule has 0 aliphatic heterocycles. The van der Waals surface area contributed by atoms with Crippen LogP contribution in [0.5, 0.6) is 5.75 Å². The van der Waals surface area contributed by atoms with Crippen molar-refractivity contribution < 1.29 is 9.13 Å². The highest BCUT2D eigenvalue weighted by atomic mass is 35.5. The van der Waals surface area contributed by atoms with Crippen molar-refractivity contribution in [3.63, 3.8) is 0 Å². The Bertz CT molecular complexity index is 588. The van der Waals surface area contributed by atoms with Crippen LogP contribution in [-0.2, 0) is 6.61 Å². The van der Waals surface area contributed by atoms with Crippen LogP contribution in [0.25, 0.3) is 0 Å². The van der Waals surface area contributed by atoms with Gasteiger partial charge in [-0.05, 0) is 30.2 Å². The van der Waals surface area contributed by atoms with E-state index in [0.29, 0.717) is 6.61 Å². The summed E-state index contributed by atoms with van der Waals surface area (Å²) in [4.78, 5) is 0. The lowest BCUT2D eigenvalue weighted by atomic mass is 10.0. The summed E-state index contributed by atoms with van der Waals surface area (Å²) in [5.74, 6) is 0.325. The highest BCUT2D eigenvalue weighted by Gasteiger charge is 2.10. The fourth-order valence-corrected chi connectivity index (χ4v) is 2.13. The molecule has 0 aromatic heterocycles. The molecule has 0 aliphatic carbocycles. The molecule has 0 saturated heterocycles. The van der Waals surface area contributed by atoms with E-state index in [1.54, 1.807) is 12.1 Å². The van der Waals surface area contributed by atoms with Crippen molar-refractivity contribution in [1.82, 2.24) is 0 Å². The quantitative estimate of drug-likeness (QED) is 0.883. The number of nitrogens with two attached hydrogens (primary N) is 1.